The van der Waals surface area contributed by atoms with Gasteiger partial charge in [0.05, 0.1) is 75.9 Å². The lowest BCUT2D eigenvalue weighted by atomic mass is 10.0. The Balaban J connectivity index is 1.62. The van der Waals surface area contributed by atoms with E-state index in [1.165, 1.54) is 12.7 Å². The number of carbonyl (C=O) groups excluding carboxylic acids is 2. The molecule has 2 amide bonds. The van der Waals surface area contributed by atoms with Gasteiger partial charge < -0.3 is 32.3 Å². The molecule has 0 radical (unpaired) electrons. The predicted octanol–water partition coefficient (Wildman–Crippen LogP) is 1.82. The minimum Gasteiger partial charge on any atom is -0.390 e. The molecule has 224 valence electrons. The van der Waals surface area contributed by atoms with E-state index in [-0.39, 0.29) is 11.8 Å². The van der Waals surface area contributed by atoms with Crippen molar-refractivity contribution in [3.63, 3.8) is 0 Å². The van der Waals surface area contributed by atoms with E-state index < -0.39 is 12.1 Å². The van der Waals surface area contributed by atoms with Crippen molar-refractivity contribution >= 4 is 41.1 Å². The van der Waals surface area contributed by atoms with E-state index in [4.69, 9.17) is 17.2 Å². The van der Waals surface area contributed by atoms with E-state index >= 15 is 0 Å². The molecule has 2 aromatic carbocycles. The van der Waals surface area contributed by atoms with Crippen LogP contribution in [0.3, 0.4) is 0 Å². The molecule has 0 saturated heterocycles. The molecule has 1 aromatic heterocycles. The standard InChI is InChI=1S/C31H43N9O2/c1-40(18-15-35-22-32,19-16-36-23-33)17-7-11-27(34)30(41)39-29(14-13-24-8-3-2-4-9-24)31(42)38-26-20-25-10-5-6-12-28(25)37-21-26/h2-6,8-10,12,20-23,27,29H,7,11,13-19,34H2,1H3,(H5-,32,33,35,36,38,39,41,42)/p+1/t27-,29-/m0/s1. The maximum Gasteiger partial charge on any atom is 0.247 e. The zero-order valence-electron chi connectivity index (χ0n) is 24.4. The van der Waals surface area contributed by atoms with E-state index in [0.717, 1.165) is 36.1 Å². The Morgan fingerprint density at radius 3 is 2.29 bits per heavy atom. The average Bonchev–Trinajstić information content (AvgIpc) is 2.99. The summed E-state index contributed by atoms with van der Waals surface area (Å²) in [4.78, 5) is 39.3. The molecule has 2 atom stereocenters. The highest BCUT2D eigenvalue weighted by Gasteiger charge is 2.26. The zero-order valence-corrected chi connectivity index (χ0v) is 24.4. The molecule has 3 rings (SSSR count). The number of rotatable bonds is 17. The Hall–Kier alpha value is -4.35. The third-order valence-electron chi connectivity index (χ3n) is 7.35. The van der Waals surface area contributed by atoms with Crippen LogP contribution in [0.25, 0.3) is 10.9 Å². The van der Waals surface area contributed by atoms with Crippen molar-refractivity contribution in [2.75, 3.05) is 45.1 Å². The molecule has 8 N–H and O–H groups in total. The van der Waals surface area contributed by atoms with Crippen molar-refractivity contribution in [1.29, 1.82) is 0 Å². The number of nitrogens with zero attached hydrogens (tertiary/aromatic N) is 4. The maximum atomic E-state index is 13.4. The number of aryl methyl sites for hydroxylation is 1. The minimum absolute atomic E-state index is 0.311. The van der Waals surface area contributed by atoms with Crippen LogP contribution < -0.4 is 27.8 Å². The number of aliphatic imine (C=N–C) groups is 2. The predicted molar refractivity (Wildman–Crippen MR) is 170 cm³/mol. The Morgan fingerprint density at radius 1 is 0.929 bits per heavy atom. The van der Waals surface area contributed by atoms with Gasteiger partial charge in [0.25, 0.3) is 0 Å². The van der Waals surface area contributed by atoms with Crippen LogP contribution in [0.2, 0.25) is 0 Å². The molecule has 0 unspecified atom stereocenters. The molecule has 3 aromatic rings. The van der Waals surface area contributed by atoms with Gasteiger partial charge in [0, 0.05) is 5.39 Å². The molecule has 11 nitrogen and oxygen atoms in total. The van der Waals surface area contributed by atoms with E-state index in [1.807, 2.05) is 60.7 Å². The number of carbonyl (C=O) groups is 2. The summed E-state index contributed by atoms with van der Waals surface area (Å²) in [5, 5.41) is 6.75. The number of hydrogen-bond donors (Lipinski definition) is 5. The summed E-state index contributed by atoms with van der Waals surface area (Å²) in [6.45, 7) is 3.53. The third kappa shape index (κ3) is 10.6. The van der Waals surface area contributed by atoms with Crippen LogP contribution in [0, 0.1) is 0 Å². The van der Waals surface area contributed by atoms with E-state index in [2.05, 4.69) is 32.7 Å². The number of pyridine rings is 1. The molecule has 0 spiro atoms. The Bertz CT molecular complexity index is 1310. The van der Waals surface area contributed by atoms with Gasteiger partial charge in [0.1, 0.15) is 6.04 Å². The highest BCUT2D eigenvalue weighted by molar-refractivity contribution is 5.98. The largest absolute Gasteiger partial charge is 0.390 e. The van der Waals surface area contributed by atoms with Crippen molar-refractivity contribution in [1.82, 2.24) is 10.3 Å². The quantitative estimate of drug-likeness (QED) is 0.0934. The normalized spacial score (nSPS) is 14.5. The molecule has 0 aliphatic heterocycles. The average molecular weight is 575 g/mol. The number of aromatic nitrogens is 1. The van der Waals surface area contributed by atoms with E-state index in [9.17, 15) is 9.59 Å². The first kappa shape index (κ1) is 32.2. The van der Waals surface area contributed by atoms with Crippen LogP contribution in [0.1, 0.15) is 24.8 Å². The third-order valence-corrected chi connectivity index (χ3v) is 7.35. The van der Waals surface area contributed by atoms with Crippen LogP contribution in [-0.2, 0) is 16.0 Å². The van der Waals surface area contributed by atoms with Gasteiger partial charge in [-0.3, -0.25) is 24.6 Å². The second kappa shape index (κ2) is 16.8. The van der Waals surface area contributed by atoms with Crippen molar-refractivity contribution < 1.29 is 14.1 Å². The second-order valence-corrected chi connectivity index (χ2v) is 10.6. The molecule has 11 heteroatoms. The fourth-order valence-corrected chi connectivity index (χ4v) is 4.78. The Labute approximate surface area is 247 Å². The summed E-state index contributed by atoms with van der Waals surface area (Å²) < 4.78 is 0.699. The highest BCUT2D eigenvalue weighted by Crippen LogP contribution is 2.17. The summed E-state index contributed by atoms with van der Waals surface area (Å²) in [7, 11) is 2.12. The van der Waals surface area contributed by atoms with Crippen molar-refractivity contribution in [2.45, 2.75) is 37.8 Å². The lowest BCUT2D eigenvalue weighted by Gasteiger charge is -2.34. The summed E-state index contributed by atoms with van der Waals surface area (Å²) in [5.74, 6) is -0.664. The second-order valence-electron chi connectivity index (χ2n) is 10.6. The topological polar surface area (TPSA) is 174 Å². The van der Waals surface area contributed by atoms with Gasteiger partial charge in [0.15, 0.2) is 0 Å². The van der Waals surface area contributed by atoms with Crippen molar-refractivity contribution in [3.8, 4) is 0 Å². The van der Waals surface area contributed by atoms with Gasteiger partial charge in [-0.2, -0.15) is 0 Å². The summed E-state index contributed by atoms with van der Waals surface area (Å²) in [6.07, 6.45) is 6.47. The first-order valence-corrected chi connectivity index (χ1v) is 14.3. The molecule has 0 aliphatic carbocycles. The van der Waals surface area contributed by atoms with Gasteiger partial charge in [-0.25, -0.2) is 0 Å². The van der Waals surface area contributed by atoms with Crippen LogP contribution >= 0.6 is 0 Å². The first-order valence-electron chi connectivity index (χ1n) is 14.3. The van der Waals surface area contributed by atoms with Crippen LogP contribution in [0.15, 0.2) is 76.8 Å². The number of fused-ring (bicyclic) bond motifs is 1. The monoisotopic (exact) mass is 574 g/mol. The smallest absolute Gasteiger partial charge is 0.247 e. The SMILES string of the molecule is C[N+](CCC[C@H](N)C(=O)N[C@@H](CCc1ccccc1)C(=O)Nc1cnc2ccccc2c1)(CCN=CN)CCN=CN. The number of benzene rings is 2. The van der Waals surface area contributed by atoms with Gasteiger partial charge in [-0.05, 0) is 43.4 Å². The van der Waals surface area contributed by atoms with Gasteiger partial charge >= 0.3 is 0 Å². The van der Waals surface area contributed by atoms with Crippen LogP contribution in [0.5, 0.6) is 0 Å². The Morgan fingerprint density at radius 2 is 1.60 bits per heavy atom. The van der Waals surface area contributed by atoms with Crippen LogP contribution in [0.4, 0.5) is 5.69 Å². The number of nitrogens with two attached hydrogens (primary N) is 3. The number of para-hydroxylation sites is 1. The lowest BCUT2D eigenvalue weighted by molar-refractivity contribution is -0.907. The van der Waals surface area contributed by atoms with Crippen molar-refractivity contribution in [2.24, 2.45) is 27.2 Å². The highest BCUT2D eigenvalue weighted by atomic mass is 16.2. The molecular weight excluding hydrogens is 530 g/mol. The van der Waals surface area contributed by atoms with Crippen molar-refractivity contribution in [3.05, 3.63) is 72.4 Å². The van der Waals surface area contributed by atoms with E-state index in [1.54, 1.807) is 6.20 Å². The molecule has 0 aliphatic rings. The zero-order chi connectivity index (χ0) is 30.2. The maximum absolute atomic E-state index is 13.4. The fourth-order valence-electron chi connectivity index (χ4n) is 4.78. The molecule has 42 heavy (non-hydrogen) atoms. The number of nitrogens with one attached hydrogen (secondary N) is 2. The summed E-state index contributed by atoms with van der Waals surface area (Å²) in [5.41, 5.74) is 19.6. The number of quaternary nitrogens is 1. The lowest BCUT2D eigenvalue weighted by Crippen LogP contribution is -2.51. The molecule has 0 saturated carbocycles. The fraction of sp³-hybridized carbons (Fsp3) is 0.387. The van der Waals surface area contributed by atoms with Gasteiger partial charge in [-0.15, -0.1) is 0 Å². The summed E-state index contributed by atoms with van der Waals surface area (Å²) in [6, 6.07) is 17.9. The number of amides is 2. The molecule has 0 bridgehead atoms. The molecule has 1 heterocycles. The number of anilines is 1. The minimum atomic E-state index is -0.764. The molecule has 0 fully saturated rings. The Kier molecular flexibility index (Phi) is 12.9. The summed E-state index contributed by atoms with van der Waals surface area (Å²) >= 11 is 0. The number of hydrogen-bond acceptors (Lipinski definition) is 6. The first-order chi connectivity index (χ1) is 20.3. The van der Waals surface area contributed by atoms with Gasteiger partial charge in [-0.1, -0.05) is 48.5 Å². The van der Waals surface area contributed by atoms with E-state index in [0.29, 0.717) is 48.9 Å². The van der Waals surface area contributed by atoms with Gasteiger partial charge in [0.2, 0.25) is 11.8 Å². The van der Waals surface area contributed by atoms with Crippen LogP contribution in [-0.4, -0.2) is 85.8 Å². The number of likely N-dealkylation sites (N-methyl/N-ethyl adjacent to an activating group) is 1. The molecular formula is C31H44N9O2+.